The molecule has 0 amide bonds. The number of carbonyl (C=O) groups is 1. The maximum Gasteiger partial charge on any atom is 0.141 e. The minimum atomic E-state index is -0.0612. The number of aromatic nitrogens is 1. The van der Waals surface area contributed by atoms with Crippen LogP contribution in [0.5, 0.6) is 0 Å². The Labute approximate surface area is 150 Å². The van der Waals surface area contributed by atoms with Crippen LogP contribution in [0.1, 0.15) is 57.1 Å². The Bertz CT molecular complexity index is 878. The molecule has 6 atom stereocenters. The third-order valence-electron chi connectivity index (χ3n) is 8.08. The summed E-state index contributed by atoms with van der Waals surface area (Å²) in [6.45, 7) is 6.85. The van der Waals surface area contributed by atoms with Gasteiger partial charge in [-0.05, 0) is 72.6 Å². The van der Waals surface area contributed by atoms with Crippen LogP contribution in [0.15, 0.2) is 24.4 Å². The van der Waals surface area contributed by atoms with E-state index in [1.54, 1.807) is 11.1 Å². The lowest BCUT2D eigenvalue weighted by Gasteiger charge is -2.51. The van der Waals surface area contributed by atoms with Crippen LogP contribution >= 0.6 is 0 Å². The van der Waals surface area contributed by atoms with Crippen LogP contribution in [-0.2, 0) is 18.3 Å². The maximum atomic E-state index is 12.9. The molecular formula is C23H29NO. The van der Waals surface area contributed by atoms with Crippen molar-refractivity contribution in [3.63, 3.8) is 0 Å². The molecule has 5 unspecified atom stereocenters. The van der Waals surface area contributed by atoms with E-state index in [2.05, 4.69) is 56.8 Å². The molecule has 0 bridgehead atoms. The Morgan fingerprint density at radius 3 is 2.80 bits per heavy atom. The van der Waals surface area contributed by atoms with Gasteiger partial charge in [0.1, 0.15) is 5.78 Å². The highest BCUT2D eigenvalue weighted by Gasteiger charge is 2.58. The van der Waals surface area contributed by atoms with Crippen molar-refractivity contribution < 1.29 is 4.79 Å². The van der Waals surface area contributed by atoms with E-state index >= 15 is 0 Å². The van der Waals surface area contributed by atoms with E-state index in [0.29, 0.717) is 29.5 Å². The summed E-state index contributed by atoms with van der Waals surface area (Å²) in [4.78, 5) is 12.9. The van der Waals surface area contributed by atoms with Crippen LogP contribution < -0.4 is 0 Å². The quantitative estimate of drug-likeness (QED) is 0.657. The summed E-state index contributed by atoms with van der Waals surface area (Å²) in [5, 5.41) is 1.45. The van der Waals surface area contributed by atoms with Gasteiger partial charge in [0.05, 0.1) is 0 Å². The van der Waals surface area contributed by atoms with Gasteiger partial charge in [0.15, 0.2) is 0 Å². The summed E-state index contributed by atoms with van der Waals surface area (Å²) in [7, 11) is 2.14. The number of hydrogen-bond acceptors (Lipinski definition) is 1. The highest BCUT2D eigenvalue weighted by Crippen LogP contribution is 2.62. The SMILES string of the molecule is CC1CC2C3CCc4c(ccc5c4ccn5C)C3C(C)C[C@]2(C)C1=O. The van der Waals surface area contributed by atoms with Crippen molar-refractivity contribution in [1.29, 1.82) is 0 Å². The highest BCUT2D eigenvalue weighted by atomic mass is 16.1. The zero-order valence-corrected chi connectivity index (χ0v) is 15.9. The Morgan fingerprint density at radius 2 is 2.00 bits per heavy atom. The molecule has 0 spiro atoms. The largest absolute Gasteiger partial charge is 0.351 e. The number of nitrogens with zero attached hydrogens (tertiary/aromatic N) is 1. The number of fused-ring (bicyclic) bond motifs is 7. The van der Waals surface area contributed by atoms with Gasteiger partial charge >= 0.3 is 0 Å². The monoisotopic (exact) mass is 335 g/mol. The number of ketones is 1. The molecule has 2 aromatic rings. The van der Waals surface area contributed by atoms with Crippen LogP contribution in [-0.4, -0.2) is 10.4 Å². The summed E-state index contributed by atoms with van der Waals surface area (Å²) in [6.07, 6.45) is 6.83. The van der Waals surface area contributed by atoms with Crippen molar-refractivity contribution in [2.75, 3.05) is 0 Å². The van der Waals surface area contributed by atoms with Gasteiger partial charge < -0.3 is 4.57 Å². The molecule has 132 valence electrons. The van der Waals surface area contributed by atoms with E-state index in [4.69, 9.17) is 0 Å². The maximum absolute atomic E-state index is 12.9. The molecule has 25 heavy (non-hydrogen) atoms. The lowest BCUT2D eigenvalue weighted by molar-refractivity contribution is -0.133. The summed E-state index contributed by atoms with van der Waals surface area (Å²) in [6, 6.07) is 7.03. The van der Waals surface area contributed by atoms with E-state index in [9.17, 15) is 4.79 Å². The molecular weight excluding hydrogens is 306 g/mol. The van der Waals surface area contributed by atoms with Gasteiger partial charge in [-0.2, -0.15) is 0 Å². The van der Waals surface area contributed by atoms with Crippen LogP contribution in [0.2, 0.25) is 0 Å². The molecule has 3 aliphatic carbocycles. The number of aryl methyl sites for hydroxylation is 2. The van der Waals surface area contributed by atoms with Gasteiger partial charge in [0.2, 0.25) is 0 Å². The lowest BCUT2D eigenvalue weighted by Crippen LogP contribution is -2.46. The molecule has 2 fully saturated rings. The van der Waals surface area contributed by atoms with Crippen LogP contribution in [0, 0.1) is 29.1 Å². The molecule has 2 nitrogen and oxygen atoms in total. The van der Waals surface area contributed by atoms with Gasteiger partial charge in [0.25, 0.3) is 0 Å². The van der Waals surface area contributed by atoms with E-state index < -0.39 is 0 Å². The molecule has 0 saturated heterocycles. The van der Waals surface area contributed by atoms with Crippen LogP contribution in [0.25, 0.3) is 10.9 Å². The molecule has 1 heterocycles. The second kappa shape index (κ2) is 4.99. The average molecular weight is 335 g/mol. The molecule has 0 N–H and O–H groups in total. The Hall–Kier alpha value is -1.57. The predicted molar refractivity (Wildman–Crippen MR) is 102 cm³/mol. The first-order valence-corrected chi connectivity index (χ1v) is 10.0. The fourth-order valence-electron chi connectivity index (χ4n) is 7.11. The number of rotatable bonds is 0. The van der Waals surface area contributed by atoms with E-state index in [0.717, 1.165) is 12.8 Å². The number of Topliss-reactive ketones (excluding diaryl/α,β-unsaturated/α-hetero) is 1. The zero-order valence-electron chi connectivity index (χ0n) is 15.9. The summed E-state index contributed by atoms with van der Waals surface area (Å²) in [5.41, 5.74) is 4.48. The summed E-state index contributed by atoms with van der Waals surface area (Å²) < 4.78 is 2.24. The Balaban J connectivity index is 1.64. The van der Waals surface area contributed by atoms with E-state index in [1.165, 1.54) is 23.7 Å². The summed E-state index contributed by atoms with van der Waals surface area (Å²) in [5.74, 6) is 3.34. The normalized spacial score (nSPS) is 40.0. The minimum Gasteiger partial charge on any atom is -0.351 e. The molecule has 0 aliphatic heterocycles. The average Bonchev–Trinajstić information content (AvgIpc) is 3.07. The number of benzene rings is 1. The van der Waals surface area contributed by atoms with Gasteiger partial charge in [-0.25, -0.2) is 0 Å². The van der Waals surface area contributed by atoms with Gasteiger partial charge in [-0.1, -0.05) is 26.8 Å². The fraction of sp³-hybridized carbons (Fsp3) is 0.609. The Kier molecular flexibility index (Phi) is 3.13. The van der Waals surface area contributed by atoms with Crippen molar-refractivity contribution in [1.82, 2.24) is 4.57 Å². The van der Waals surface area contributed by atoms with Crippen molar-refractivity contribution in [3.05, 3.63) is 35.5 Å². The molecule has 2 saturated carbocycles. The standard InChI is InChI=1S/C23H29NO/c1-13-11-19-18-6-5-15-16-9-10-24(4)20(16)8-7-17(15)21(18)14(2)12-23(19,3)22(13)25/h7-10,13-14,18-19,21H,5-6,11-12H2,1-4H3/t13?,14?,18?,19?,21?,23-/m0/s1. The first-order valence-electron chi connectivity index (χ1n) is 10.0. The predicted octanol–water partition coefficient (Wildman–Crippen LogP) is 5.10. The van der Waals surface area contributed by atoms with Crippen LogP contribution in [0.3, 0.4) is 0 Å². The van der Waals surface area contributed by atoms with Crippen LogP contribution in [0.4, 0.5) is 0 Å². The first-order chi connectivity index (χ1) is 11.9. The smallest absolute Gasteiger partial charge is 0.141 e. The lowest BCUT2D eigenvalue weighted by atomic mass is 9.52. The molecule has 0 radical (unpaired) electrons. The number of carbonyl (C=O) groups excluding carboxylic acids is 1. The Morgan fingerprint density at radius 1 is 1.20 bits per heavy atom. The topological polar surface area (TPSA) is 22.0 Å². The second-order valence-electron chi connectivity index (χ2n) is 9.43. The van der Waals surface area contributed by atoms with E-state index in [1.807, 2.05) is 0 Å². The molecule has 1 aromatic heterocycles. The van der Waals surface area contributed by atoms with Crippen molar-refractivity contribution in [2.24, 2.45) is 36.1 Å². The third-order valence-corrected chi connectivity index (χ3v) is 8.08. The number of hydrogen-bond donors (Lipinski definition) is 0. The first kappa shape index (κ1) is 15.7. The van der Waals surface area contributed by atoms with E-state index in [-0.39, 0.29) is 11.3 Å². The van der Waals surface area contributed by atoms with Crippen molar-refractivity contribution in [2.45, 2.75) is 52.4 Å². The fourth-order valence-corrected chi connectivity index (χ4v) is 7.11. The highest BCUT2D eigenvalue weighted by molar-refractivity contribution is 5.89. The van der Waals surface area contributed by atoms with Crippen molar-refractivity contribution >= 4 is 16.7 Å². The van der Waals surface area contributed by atoms with Gasteiger partial charge in [0, 0.05) is 35.5 Å². The molecule has 5 rings (SSSR count). The van der Waals surface area contributed by atoms with Gasteiger partial charge in [-0.3, -0.25) is 4.79 Å². The minimum absolute atomic E-state index is 0.0612. The van der Waals surface area contributed by atoms with Crippen molar-refractivity contribution in [3.8, 4) is 0 Å². The molecule has 2 heteroatoms. The third kappa shape index (κ3) is 1.89. The summed E-state index contributed by atoms with van der Waals surface area (Å²) >= 11 is 0. The van der Waals surface area contributed by atoms with Gasteiger partial charge in [-0.15, -0.1) is 0 Å². The molecule has 3 aliphatic rings. The second-order valence-corrected chi connectivity index (χ2v) is 9.43. The molecule has 1 aromatic carbocycles. The zero-order chi connectivity index (χ0) is 17.5.